The molecular weight excluding hydrogens is 717 g/mol. The van der Waals surface area contributed by atoms with E-state index in [-0.39, 0.29) is 0 Å². The predicted octanol–water partition coefficient (Wildman–Crippen LogP) is 13.7. The van der Waals surface area contributed by atoms with E-state index in [1.807, 2.05) is 36.4 Å². The molecule has 0 fully saturated rings. The molecule has 0 N–H and O–H groups in total. The number of aromatic nitrogens is 4. The van der Waals surface area contributed by atoms with E-state index in [2.05, 4.69) is 176 Å². The minimum Gasteiger partial charge on any atom is -0.309 e. The number of nitrogens with zero attached hydrogens (tertiary/aromatic N) is 4. The summed E-state index contributed by atoms with van der Waals surface area (Å²) in [6.07, 6.45) is 1.25. The molecule has 4 heteroatoms. The van der Waals surface area contributed by atoms with Crippen LogP contribution in [-0.2, 0) is 5.41 Å². The first kappa shape index (κ1) is 34.8. The largest absolute Gasteiger partial charge is 0.309 e. The van der Waals surface area contributed by atoms with Crippen LogP contribution in [0.4, 0.5) is 0 Å². The number of hydrogen-bond donors (Lipinski definition) is 0. The fourth-order valence-electron chi connectivity index (χ4n) is 9.70. The molecule has 8 aromatic carbocycles. The zero-order valence-electron chi connectivity index (χ0n) is 33.0. The summed E-state index contributed by atoms with van der Waals surface area (Å²) in [5.74, 6) is 1.97. The van der Waals surface area contributed by atoms with Crippen molar-refractivity contribution in [2.75, 3.05) is 0 Å². The lowest BCUT2D eigenvalue weighted by Gasteiger charge is -2.30. The number of benzene rings is 8. The SMILES string of the molecule is CCC.c1ccc(-c2nc(-c3ccccc3)nc(-c3cccc4c3-c3ccccc3C43c4ccccc4-c4c(-n5c6ccccc6c6ccccc65)cccc43)n2)cc1. The molecule has 59 heavy (non-hydrogen) atoms. The highest BCUT2D eigenvalue weighted by Gasteiger charge is 2.53. The maximum Gasteiger partial charge on any atom is 0.164 e. The Labute approximate surface area is 344 Å². The van der Waals surface area contributed by atoms with Gasteiger partial charge in [0.1, 0.15) is 0 Å². The van der Waals surface area contributed by atoms with Gasteiger partial charge in [0.15, 0.2) is 17.5 Å². The van der Waals surface area contributed by atoms with E-state index in [9.17, 15) is 0 Å². The molecule has 2 aliphatic rings. The first-order valence-electron chi connectivity index (χ1n) is 20.5. The molecular formula is C55H40N4. The summed E-state index contributed by atoms with van der Waals surface area (Å²) in [5.41, 5.74) is 15.9. The molecule has 1 spiro atoms. The summed E-state index contributed by atoms with van der Waals surface area (Å²) in [5, 5.41) is 2.51. The molecule has 12 rings (SSSR count). The normalized spacial score (nSPS) is 14.4. The molecule has 1 atom stereocenters. The monoisotopic (exact) mass is 756 g/mol. The second kappa shape index (κ2) is 13.9. The van der Waals surface area contributed by atoms with Crippen molar-refractivity contribution in [3.05, 3.63) is 216 Å². The van der Waals surface area contributed by atoms with Crippen molar-refractivity contribution >= 4 is 21.8 Å². The third kappa shape index (κ3) is 5.12. The maximum atomic E-state index is 5.23. The van der Waals surface area contributed by atoms with Crippen LogP contribution < -0.4 is 0 Å². The Morgan fingerprint density at radius 3 is 1.36 bits per heavy atom. The molecule has 0 aliphatic heterocycles. The van der Waals surface area contributed by atoms with Gasteiger partial charge in [-0.25, -0.2) is 15.0 Å². The van der Waals surface area contributed by atoms with Crippen LogP contribution >= 0.6 is 0 Å². The fraction of sp³-hybridized carbons (Fsp3) is 0.0727. The summed E-state index contributed by atoms with van der Waals surface area (Å²) in [7, 11) is 0. The molecule has 0 bridgehead atoms. The maximum absolute atomic E-state index is 5.23. The van der Waals surface area contributed by atoms with E-state index >= 15 is 0 Å². The minimum absolute atomic E-state index is 0.555. The van der Waals surface area contributed by atoms with Gasteiger partial charge in [0.2, 0.25) is 0 Å². The van der Waals surface area contributed by atoms with Crippen molar-refractivity contribution in [3.8, 4) is 62.1 Å². The topological polar surface area (TPSA) is 43.6 Å². The zero-order valence-corrected chi connectivity index (χ0v) is 33.0. The molecule has 4 nitrogen and oxygen atoms in total. The number of hydrogen-bond acceptors (Lipinski definition) is 3. The van der Waals surface area contributed by atoms with Gasteiger partial charge in [-0.3, -0.25) is 0 Å². The van der Waals surface area contributed by atoms with Crippen LogP contribution in [0.1, 0.15) is 42.5 Å². The van der Waals surface area contributed by atoms with E-state index in [1.165, 1.54) is 72.9 Å². The summed E-state index contributed by atoms with van der Waals surface area (Å²) < 4.78 is 2.47. The van der Waals surface area contributed by atoms with Crippen molar-refractivity contribution in [1.82, 2.24) is 19.5 Å². The average molecular weight is 757 g/mol. The summed E-state index contributed by atoms with van der Waals surface area (Å²) in [6.45, 7) is 4.25. The lowest BCUT2D eigenvalue weighted by atomic mass is 9.70. The highest BCUT2D eigenvalue weighted by Crippen LogP contribution is 2.64. The fourth-order valence-corrected chi connectivity index (χ4v) is 9.70. The Morgan fingerprint density at radius 1 is 0.373 bits per heavy atom. The van der Waals surface area contributed by atoms with Crippen LogP contribution in [0.25, 0.3) is 83.9 Å². The summed E-state index contributed by atoms with van der Waals surface area (Å²) in [4.78, 5) is 15.5. The third-order valence-electron chi connectivity index (χ3n) is 11.9. The van der Waals surface area contributed by atoms with Crippen molar-refractivity contribution in [3.63, 3.8) is 0 Å². The smallest absolute Gasteiger partial charge is 0.164 e. The van der Waals surface area contributed by atoms with Gasteiger partial charge < -0.3 is 4.57 Å². The number of para-hydroxylation sites is 2. The molecule has 280 valence electrons. The van der Waals surface area contributed by atoms with Crippen LogP contribution in [0.3, 0.4) is 0 Å². The van der Waals surface area contributed by atoms with Crippen molar-refractivity contribution in [1.29, 1.82) is 0 Å². The first-order chi connectivity index (χ1) is 29.2. The van der Waals surface area contributed by atoms with E-state index in [4.69, 9.17) is 15.0 Å². The highest BCUT2D eigenvalue weighted by atomic mass is 15.0. The Hall–Kier alpha value is -7.43. The minimum atomic E-state index is -0.555. The lowest BCUT2D eigenvalue weighted by molar-refractivity contribution is 0.793. The van der Waals surface area contributed by atoms with Gasteiger partial charge in [0, 0.05) is 33.0 Å². The van der Waals surface area contributed by atoms with Gasteiger partial charge in [0.25, 0.3) is 0 Å². The van der Waals surface area contributed by atoms with Crippen molar-refractivity contribution in [2.24, 2.45) is 0 Å². The molecule has 0 amide bonds. The van der Waals surface area contributed by atoms with Gasteiger partial charge in [0.05, 0.1) is 22.1 Å². The van der Waals surface area contributed by atoms with Crippen LogP contribution in [0.5, 0.6) is 0 Å². The zero-order chi connectivity index (χ0) is 39.5. The third-order valence-corrected chi connectivity index (χ3v) is 11.9. The molecule has 10 aromatic rings. The second-order valence-corrected chi connectivity index (χ2v) is 15.4. The van der Waals surface area contributed by atoms with Crippen LogP contribution in [0, 0.1) is 0 Å². The predicted molar refractivity (Wildman–Crippen MR) is 243 cm³/mol. The first-order valence-corrected chi connectivity index (χ1v) is 20.5. The van der Waals surface area contributed by atoms with Crippen molar-refractivity contribution in [2.45, 2.75) is 25.7 Å². The van der Waals surface area contributed by atoms with E-state index in [0.29, 0.717) is 17.5 Å². The number of fused-ring (bicyclic) bond motifs is 13. The molecule has 0 radical (unpaired) electrons. The Bertz CT molecular complexity index is 3110. The molecule has 1 unspecified atom stereocenters. The summed E-state index contributed by atoms with van der Waals surface area (Å²) >= 11 is 0. The van der Waals surface area contributed by atoms with Crippen LogP contribution in [0.15, 0.2) is 194 Å². The van der Waals surface area contributed by atoms with Crippen molar-refractivity contribution < 1.29 is 0 Å². The van der Waals surface area contributed by atoms with Crippen LogP contribution in [0.2, 0.25) is 0 Å². The average Bonchev–Trinajstić information content (AvgIpc) is 3.92. The Morgan fingerprint density at radius 2 is 0.780 bits per heavy atom. The van der Waals surface area contributed by atoms with E-state index in [1.54, 1.807) is 0 Å². The van der Waals surface area contributed by atoms with Gasteiger partial charge in [-0.15, -0.1) is 0 Å². The lowest BCUT2D eigenvalue weighted by Crippen LogP contribution is -2.26. The Balaban J connectivity index is 0.00000129. The highest BCUT2D eigenvalue weighted by molar-refractivity contribution is 6.10. The second-order valence-electron chi connectivity index (χ2n) is 15.4. The van der Waals surface area contributed by atoms with Gasteiger partial charge in [-0.05, 0) is 57.1 Å². The molecule has 0 saturated heterocycles. The number of rotatable bonds is 4. The van der Waals surface area contributed by atoms with Crippen LogP contribution in [-0.4, -0.2) is 19.5 Å². The van der Waals surface area contributed by atoms with E-state index in [0.717, 1.165) is 22.3 Å². The van der Waals surface area contributed by atoms with Gasteiger partial charge in [-0.1, -0.05) is 196 Å². The molecule has 2 heterocycles. The molecule has 2 aromatic heterocycles. The van der Waals surface area contributed by atoms with Gasteiger partial charge >= 0.3 is 0 Å². The Kier molecular flexibility index (Phi) is 8.19. The quantitative estimate of drug-likeness (QED) is 0.180. The molecule has 0 saturated carbocycles. The van der Waals surface area contributed by atoms with Gasteiger partial charge in [-0.2, -0.15) is 0 Å². The van der Waals surface area contributed by atoms with E-state index < -0.39 is 5.41 Å². The molecule has 2 aliphatic carbocycles. The summed E-state index contributed by atoms with van der Waals surface area (Å²) in [6, 6.07) is 69.6. The standard InChI is InChI=1S/C52H32N4.C3H8/c1-3-17-33(18-4-1)49-53-50(34-19-5-2-6-20-34)55-51(54-49)39-25-15-28-42-47(39)37-23-7-11-26-40(37)52(42)41-27-12-8-24-38(41)48-43(52)29-16-32-46(48)56-44-30-13-9-21-35(44)36-22-10-14-31-45(36)56;1-3-2/h1-32H;3H2,1-2H3.